The lowest BCUT2D eigenvalue weighted by molar-refractivity contribution is 0.314. The van der Waals surface area contributed by atoms with E-state index >= 15 is 0 Å². The van der Waals surface area contributed by atoms with Gasteiger partial charge in [0.1, 0.15) is 10.2 Å². The van der Waals surface area contributed by atoms with Crippen LogP contribution in [0.3, 0.4) is 0 Å². The van der Waals surface area contributed by atoms with Crippen molar-refractivity contribution in [1.29, 1.82) is 0 Å². The van der Waals surface area contributed by atoms with Gasteiger partial charge in [0.2, 0.25) is 11.7 Å². The molecule has 0 unspecified atom stereocenters. The highest BCUT2D eigenvalue weighted by Crippen LogP contribution is 2.42. The van der Waals surface area contributed by atoms with Gasteiger partial charge in [-0.05, 0) is 0 Å². The summed E-state index contributed by atoms with van der Waals surface area (Å²) < 4.78 is 17.4. The van der Waals surface area contributed by atoms with Crippen LogP contribution >= 0.6 is 23.2 Å². The summed E-state index contributed by atoms with van der Waals surface area (Å²) in [4.78, 5) is 12.4. The molecule has 0 amide bonds. The zero-order valence-corrected chi connectivity index (χ0v) is 15.1. The maximum atomic E-state index is 6.40. The number of rotatable bonds is 5. The summed E-state index contributed by atoms with van der Waals surface area (Å²) in [6.45, 7) is 0.186. The Hall–Kier alpha value is -2.52. The molecule has 132 valence electrons. The number of aromatic nitrogens is 5. The molecule has 3 rings (SSSR count). The Kier molecular flexibility index (Phi) is 4.69. The van der Waals surface area contributed by atoms with E-state index in [9.17, 15) is 0 Å². The molecule has 25 heavy (non-hydrogen) atoms. The van der Waals surface area contributed by atoms with Gasteiger partial charge in [0.05, 0.1) is 45.2 Å². The Bertz CT molecular complexity index is 946. The number of anilines is 1. The summed E-state index contributed by atoms with van der Waals surface area (Å²) >= 11 is 12.5. The van der Waals surface area contributed by atoms with Crippen molar-refractivity contribution in [2.45, 2.75) is 6.54 Å². The second kappa shape index (κ2) is 6.77. The average Bonchev–Trinajstić information content (AvgIpc) is 2.99. The zero-order valence-electron chi connectivity index (χ0n) is 13.6. The van der Waals surface area contributed by atoms with Crippen LogP contribution in [-0.2, 0) is 6.54 Å². The maximum absolute atomic E-state index is 6.40. The first-order valence-electron chi connectivity index (χ1n) is 6.99. The normalized spacial score (nSPS) is 10.9. The predicted molar refractivity (Wildman–Crippen MR) is 92.8 cm³/mol. The Morgan fingerprint density at radius 2 is 1.76 bits per heavy atom. The van der Waals surface area contributed by atoms with E-state index in [1.165, 1.54) is 21.3 Å². The highest BCUT2D eigenvalue weighted by molar-refractivity contribution is 6.34. The van der Waals surface area contributed by atoms with Crippen LogP contribution in [0.25, 0.3) is 11.0 Å². The maximum Gasteiger partial charge on any atom is 0.261 e. The topological polar surface area (TPSA) is 110 Å². The van der Waals surface area contributed by atoms with Crippen molar-refractivity contribution >= 4 is 40.2 Å². The van der Waals surface area contributed by atoms with Gasteiger partial charge in [-0.25, -0.2) is 14.6 Å². The summed E-state index contributed by atoms with van der Waals surface area (Å²) in [5, 5.41) is 5.31. The molecule has 0 aliphatic heterocycles. The SMILES string of the molecule is COc1nc(Cn2ncc3c(Cl)nc(N)nc32)c(Cl)c(OC)c1OC. The Morgan fingerprint density at radius 3 is 2.40 bits per heavy atom. The van der Waals surface area contributed by atoms with Crippen molar-refractivity contribution in [1.82, 2.24) is 24.7 Å². The fraction of sp³-hybridized carbons (Fsp3) is 0.286. The van der Waals surface area contributed by atoms with Crippen molar-refractivity contribution in [3.05, 3.63) is 22.1 Å². The van der Waals surface area contributed by atoms with Crippen molar-refractivity contribution in [3.8, 4) is 17.4 Å². The molecule has 0 saturated carbocycles. The fourth-order valence-corrected chi connectivity index (χ4v) is 2.83. The van der Waals surface area contributed by atoms with Gasteiger partial charge in [0.25, 0.3) is 5.88 Å². The number of hydrogen-bond acceptors (Lipinski definition) is 8. The number of methoxy groups -OCH3 is 3. The van der Waals surface area contributed by atoms with Gasteiger partial charge < -0.3 is 19.9 Å². The van der Waals surface area contributed by atoms with Crippen LogP contribution in [0, 0.1) is 0 Å². The molecule has 0 aromatic carbocycles. The van der Waals surface area contributed by atoms with Gasteiger partial charge in [-0.1, -0.05) is 23.2 Å². The number of fused-ring (bicyclic) bond motifs is 1. The first-order chi connectivity index (χ1) is 12.0. The monoisotopic (exact) mass is 384 g/mol. The van der Waals surface area contributed by atoms with Crippen LogP contribution in [0.5, 0.6) is 17.4 Å². The lowest BCUT2D eigenvalue weighted by Crippen LogP contribution is -2.09. The summed E-state index contributed by atoms with van der Waals surface area (Å²) in [6, 6.07) is 0. The second-order valence-corrected chi connectivity index (χ2v) is 5.60. The van der Waals surface area contributed by atoms with E-state index in [0.717, 1.165) is 0 Å². The van der Waals surface area contributed by atoms with E-state index < -0.39 is 0 Å². The van der Waals surface area contributed by atoms with Gasteiger partial charge >= 0.3 is 0 Å². The zero-order chi connectivity index (χ0) is 18.1. The first kappa shape index (κ1) is 17.3. The molecule has 0 saturated heterocycles. The predicted octanol–water partition coefficient (Wildman–Crippen LogP) is 2.18. The van der Waals surface area contributed by atoms with Crippen LogP contribution in [0.2, 0.25) is 10.2 Å². The van der Waals surface area contributed by atoms with Crippen LogP contribution in [-0.4, -0.2) is 46.1 Å². The molecule has 3 aromatic heterocycles. The van der Waals surface area contributed by atoms with Crippen molar-refractivity contribution in [2.75, 3.05) is 27.1 Å². The third kappa shape index (κ3) is 2.96. The number of hydrogen-bond donors (Lipinski definition) is 1. The molecule has 0 aliphatic rings. The number of nitrogens with zero attached hydrogens (tertiary/aromatic N) is 5. The smallest absolute Gasteiger partial charge is 0.261 e. The van der Waals surface area contributed by atoms with Gasteiger partial charge in [-0.2, -0.15) is 10.1 Å². The van der Waals surface area contributed by atoms with Crippen LogP contribution in [0.4, 0.5) is 5.95 Å². The fourth-order valence-electron chi connectivity index (χ4n) is 2.35. The number of nitrogens with two attached hydrogens (primary N) is 1. The van der Waals surface area contributed by atoms with E-state index in [4.69, 9.17) is 43.1 Å². The standard InChI is InChI=1S/C14H14Cl2N6O3/c1-23-9-8(15)7(19-13(25-3)10(9)24-2)5-22-12-6(4-18-22)11(16)20-14(17)21-12/h4H,5H2,1-3H3,(H2,17,20,21). The Labute approximate surface area is 152 Å². The van der Waals surface area contributed by atoms with Crippen LogP contribution in [0.1, 0.15) is 5.69 Å². The van der Waals surface area contributed by atoms with E-state index in [1.54, 1.807) is 10.9 Å². The van der Waals surface area contributed by atoms with Crippen molar-refractivity contribution in [3.63, 3.8) is 0 Å². The molecule has 2 N–H and O–H groups in total. The molecule has 0 fully saturated rings. The summed E-state index contributed by atoms with van der Waals surface area (Å²) in [5.74, 6) is 0.902. The van der Waals surface area contributed by atoms with E-state index in [-0.39, 0.29) is 28.5 Å². The third-order valence-electron chi connectivity index (χ3n) is 3.46. The Balaban J connectivity index is 2.12. The van der Waals surface area contributed by atoms with Gasteiger partial charge in [-0.15, -0.1) is 0 Å². The number of nitrogen functional groups attached to an aromatic ring is 1. The first-order valence-corrected chi connectivity index (χ1v) is 7.74. The molecule has 11 heteroatoms. The largest absolute Gasteiger partial charge is 0.491 e. The lowest BCUT2D eigenvalue weighted by atomic mass is 10.3. The minimum Gasteiger partial charge on any atom is -0.491 e. The Morgan fingerprint density at radius 1 is 1.04 bits per heavy atom. The lowest BCUT2D eigenvalue weighted by Gasteiger charge is -2.15. The van der Waals surface area contributed by atoms with E-state index in [2.05, 4.69) is 20.1 Å². The summed E-state index contributed by atoms with van der Waals surface area (Å²) in [6.07, 6.45) is 1.54. The van der Waals surface area contributed by atoms with E-state index in [1.807, 2.05) is 0 Å². The third-order valence-corrected chi connectivity index (χ3v) is 4.14. The number of ether oxygens (including phenoxy) is 3. The van der Waals surface area contributed by atoms with Gasteiger partial charge in [0.15, 0.2) is 11.4 Å². The molecule has 0 bridgehead atoms. The molecule has 0 spiro atoms. The molecule has 0 atom stereocenters. The quantitative estimate of drug-likeness (QED) is 0.666. The van der Waals surface area contributed by atoms with Crippen LogP contribution < -0.4 is 19.9 Å². The number of halogens is 2. The molecule has 0 aliphatic carbocycles. The van der Waals surface area contributed by atoms with Crippen LogP contribution in [0.15, 0.2) is 6.20 Å². The average molecular weight is 385 g/mol. The molecule has 3 heterocycles. The van der Waals surface area contributed by atoms with Gasteiger partial charge in [0, 0.05) is 0 Å². The minimum absolute atomic E-state index is 0.0446. The highest BCUT2D eigenvalue weighted by atomic mass is 35.5. The van der Waals surface area contributed by atoms with Crippen molar-refractivity contribution in [2.24, 2.45) is 0 Å². The summed E-state index contributed by atoms with van der Waals surface area (Å²) in [7, 11) is 4.42. The highest BCUT2D eigenvalue weighted by Gasteiger charge is 2.22. The minimum atomic E-state index is 0.0446. The van der Waals surface area contributed by atoms with E-state index in [0.29, 0.717) is 28.2 Å². The second-order valence-electron chi connectivity index (χ2n) is 4.86. The molecule has 9 nitrogen and oxygen atoms in total. The molecular weight excluding hydrogens is 371 g/mol. The van der Waals surface area contributed by atoms with Crippen molar-refractivity contribution < 1.29 is 14.2 Å². The molecule has 0 radical (unpaired) electrons. The number of pyridine rings is 1. The molecule has 3 aromatic rings. The summed E-state index contributed by atoms with van der Waals surface area (Å²) in [5.41, 5.74) is 6.57. The van der Waals surface area contributed by atoms with Gasteiger partial charge in [-0.3, -0.25) is 0 Å². The molecular formula is C14H14Cl2N6O3.